The predicted molar refractivity (Wildman–Crippen MR) is 114 cm³/mol. The van der Waals surface area contributed by atoms with Gasteiger partial charge in [-0.2, -0.15) is 0 Å². The van der Waals surface area contributed by atoms with Crippen LogP contribution in [0.4, 0.5) is 5.69 Å². The van der Waals surface area contributed by atoms with E-state index < -0.39 is 6.10 Å². The molecule has 5 nitrogen and oxygen atoms in total. The first kappa shape index (κ1) is 20.1. The van der Waals surface area contributed by atoms with E-state index in [1.807, 2.05) is 55.5 Å². The Morgan fingerprint density at radius 1 is 0.862 bits per heavy atom. The average Bonchev–Trinajstić information content (AvgIpc) is 2.77. The van der Waals surface area contributed by atoms with Gasteiger partial charge in [-0.05, 0) is 36.2 Å². The molecule has 0 unspecified atom stereocenters. The summed E-state index contributed by atoms with van der Waals surface area (Å²) in [5.74, 6) is 0.0878. The molecule has 2 amide bonds. The maximum Gasteiger partial charge on any atom is 0.265 e. The minimum atomic E-state index is -0.655. The third kappa shape index (κ3) is 5.69. The lowest BCUT2D eigenvalue weighted by atomic mass is 10.1. The Hall–Kier alpha value is -3.60. The minimum Gasteiger partial charge on any atom is -0.481 e. The number of carbonyl (C=O) groups is 2. The van der Waals surface area contributed by atoms with Gasteiger partial charge in [0.2, 0.25) is 0 Å². The molecule has 148 valence electrons. The van der Waals surface area contributed by atoms with E-state index >= 15 is 0 Å². The van der Waals surface area contributed by atoms with Crippen LogP contribution >= 0.6 is 0 Å². The molecule has 1 atom stereocenters. The number of hydrogen-bond donors (Lipinski definition) is 2. The number of para-hydroxylation sites is 2. The summed E-state index contributed by atoms with van der Waals surface area (Å²) in [6.07, 6.45) is -0.152. The number of anilines is 1. The van der Waals surface area contributed by atoms with E-state index in [9.17, 15) is 9.59 Å². The first-order valence-corrected chi connectivity index (χ1v) is 9.61. The highest BCUT2D eigenvalue weighted by Gasteiger charge is 2.21. The van der Waals surface area contributed by atoms with Gasteiger partial charge in [-0.25, -0.2) is 0 Å². The van der Waals surface area contributed by atoms with Crippen LogP contribution < -0.4 is 15.4 Å². The summed E-state index contributed by atoms with van der Waals surface area (Å²) in [7, 11) is 0. The fourth-order valence-corrected chi connectivity index (χ4v) is 2.86. The molecule has 0 saturated heterocycles. The van der Waals surface area contributed by atoms with Crippen LogP contribution in [0.25, 0.3) is 0 Å². The molecule has 3 rings (SSSR count). The molecule has 0 aromatic heterocycles. The van der Waals surface area contributed by atoms with Gasteiger partial charge in [0.05, 0.1) is 11.3 Å². The maximum absolute atomic E-state index is 12.7. The highest BCUT2D eigenvalue weighted by Crippen LogP contribution is 2.18. The molecule has 0 radical (unpaired) electrons. The number of nitrogens with one attached hydrogen (secondary N) is 2. The Bertz CT molecular complexity index is 943. The quantitative estimate of drug-likeness (QED) is 0.601. The third-order valence-electron chi connectivity index (χ3n) is 4.41. The van der Waals surface area contributed by atoms with E-state index in [0.717, 1.165) is 5.56 Å². The highest BCUT2D eigenvalue weighted by molar-refractivity contribution is 6.04. The number of hydrogen-bond acceptors (Lipinski definition) is 3. The SMILES string of the molecule is CC[C@H](Oc1ccccc1)C(=O)Nc1ccccc1C(=O)NCc1ccccc1. The predicted octanol–water partition coefficient (Wildman–Crippen LogP) is 4.41. The molecular weight excluding hydrogens is 364 g/mol. The van der Waals surface area contributed by atoms with Crippen LogP contribution in [0.3, 0.4) is 0 Å². The van der Waals surface area contributed by atoms with Crippen molar-refractivity contribution in [1.82, 2.24) is 5.32 Å². The molecule has 0 spiro atoms. The standard InChI is InChI=1S/C24H24N2O3/c1-2-22(29-19-13-7-4-8-14-19)24(28)26-21-16-10-9-15-20(21)23(27)25-17-18-11-5-3-6-12-18/h3-16,22H,2,17H2,1H3,(H,25,27)(H,26,28)/t22-/m0/s1. The first-order chi connectivity index (χ1) is 14.2. The van der Waals surface area contributed by atoms with Gasteiger partial charge in [0.15, 0.2) is 6.10 Å². The van der Waals surface area contributed by atoms with Crippen molar-refractivity contribution >= 4 is 17.5 Å². The molecule has 0 fully saturated rings. The van der Waals surface area contributed by atoms with Crippen molar-refractivity contribution in [2.24, 2.45) is 0 Å². The molecular formula is C24H24N2O3. The first-order valence-electron chi connectivity index (χ1n) is 9.61. The van der Waals surface area contributed by atoms with Gasteiger partial charge >= 0.3 is 0 Å². The van der Waals surface area contributed by atoms with Gasteiger partial charge < -0.3 is 15.4 Å². The molecule has 0 bridgehead atoms. The molecule has 3 aromatic rings. The van der Waals surface area contributed by atoms with Gasteiger partial charge in [0.1, 0.15) is 5.75 Å². The van der Waals surface area contributed by atoms with Crippen LogP contribution in [0.1, 0.15) is 29.3 Å². The summed E-state index contributed by atoms with van der Waals surface area (Å²) in [6, 6.07) is 25.8. The van der Waals surface area contributed by atoms with Gasteiger partial charge in [0.25, 0.3) is 11.8 Å². The van der Waals surface area contributed by atoms with E-state index in [2.05, 4.69) is 10.6 Å². The zero-order valence-corrected chi connectivity index (χ0v) is 16.3. The zero-order valence-electron chi connectivity index (χ0n) is 16.3. The van der Waals surface area contributed by atoms with Crippen molar-refractivity contribution in [1.29, 1.82) is 0 Å². The number of rotatable bonds is 8. The fourth-order valence-electron chi connectivity index (χ4n) is 2.86. The summed E-state index contributed by atoms with van der Waals surface area (Å²) in [6.45, 7) is 2.29. The second-order valence-corrected chi connectivity index (χ2v) is 6.53. The molecule has 3 aromatic carbocycles. The lowest BCUT2D eigenvalue weighted by Crippen LogP contribution is -2.33. The molecule has 0 saturated carbocycles. The van der Waals surface area contributed by atoms with Crippen molar-refractivity contribution in [2.75, 3.05) is 5.32 Å². The maximum atomic E-state index is 12.7. The number of benzene rings is 3. The van der Waals surface area contributed by atoms with Crippen molar-refractivity contribution in [3.63, 3.8) is 0 Å². The van der Waals surface area contributed by atoms with Crippen LogP contribution in [-0.2, 0) is 11.3 Å². The van der Waals surface area contributed by atoms with E-state index in [1.54, 1.807) is 36.4 Å². The topological polar surface area (TPSA) is 67.4 Å². The van der Waals surface area contributed by atoms with Gasteiger partial charge in [-0.3, -0.25) is 9.59 Å². The van der Waals surface area contributed by atoms with Crippen molar-refractivity contribution in [2.45, 2.75) is 26.0 Å². The van der Waals surface area contributed by atoms with E-state index in [4.69, 9.17) is 4.74 Å². The molecule has 29 heavy (non-hydrogen) atoms. The number of carbonyl (C=O) groups excluding carboxylic acids is 2. The largest absolute Gasteiger partial charge is 0.481 e. The van der Waals surface area contributed by atoms with Crippen LogP contribution in [-0.4, -0.2) is 17.9 Å². The Morgan fingerprint density at radius 3 is 2.17 bits per heavy atom. The van der Waals surface area contributed by atoms with Gasteiger partial charge in [-0.15, -0.1) is 0 Å². The second-order valence-electron chi connectivity index (χ2n) is 6.53. The lowest BCUT2D eigenvalue weighted by molar-refractivity contribution is -0.122. The zero-order chi connectivity index (χ0) is 20.5. The molecule has 0 aliphatic heterocycles. The van der Waals surface area contributed by atoms with Crippen LogP contribution in [0, 0.1) is 0 Å². The summed E-state index contributed by atoms with van der Waals surface area (Å²) in [5.41, 5.74) is 1.87. The third-order valence-corrected chi connectivity index (χ3v) is 4.41. The minimum absolute atomic E-state index is 0.248. The van der Waals surface area contributed by atoms with E-state index in [0.29, 0.717) is 30.0 Å². The van der Waals surface area contributed by atoms with Crippen molar-refractivity contribution in [3.05, 3.63) is 96.1 Å². The summed E-state index contributed by atoms with van der Waals surface area (Å²) >= 11 is 0. The van der Waals surface area contributed by atoms with Crippen molar-refractivity contribution < 1.29 is 14.3 Å². The fraction of sp³-hybridized carbons (Fsp3) is 0.167. The second kappa shape index (κ2) is 10.1. The Balaban J connectivity index is 1.67. The van der Waals surface area contributed by atoms with Gasteiger partial charge in [0, 0.05) is 6.54 Å². The monoisotopic (exact) mass is 388 g/mol. The normalized spacial score (nSPS) is 11.3. The molecule has 0 aliphatic rings. The summed E-state index contributed by atoms with van der Waals surface area (Å²) in [5, 5.41) is 5.73. The number of amides is 2. The Kier molecular flexibility index (Phi) is 7.00. The lowest BCUT2D eigenvalue weighted by Gasteiger charge is -2.18. The highest BCUT2D eigenvalue weighted by atomic mass is 16.5. The Labute approximate surface area is 170 Å². The molecule has 0 aliphatic carbocycles. The van der Waals surface area contributed by atoms with Crippen LogP contribution in [0.2, 0.25) is 0 Å². The van der Waals surface area contributed by atoms with E-state index in [-0.39, 0.29) is 11.8 Å². The van der Waals surface area contributed by atoms with Crippen LogP contribution in [0.5, 0.6) is 5.75 Å². The molecule has 5 heteroatoms. The van der Waals surface area contributed by atoms with E-state index in [1.165, 1.54) is 0 Å². The molecule has 0 heterocycles. The summed E-state index contributed by atoms with van der Waals surface area (Å²) < 4.78 is 5.79. The van der Waals surface area contributed by atoms with Gasteiger partial charge in [-0.1, -0.05) is 67.6 Å². The summed E-state index contributed by atoms with van der Waals surface area (Å²) in [4.78, 5) is 25.4. The molecule has 2 N–H and O–H groups in total. The van der Waals surface area contributed by atoms with Crippen molar-refractivity contribution in [3.8, 4) is 5.75 Å². The average molecular weight is 388 g/mol. The van der Waals surface area contributed by atoms with Crippen LogP contribution in [0.15, 0.2) is 84.9 Å². The number of ether oxygens (including phenoxy) is 1. The smallest absolute Gasteiger partial charge is 0.265 e. The Morgan fingerprint density at radius 2 is 1.48 bits per heavy atom.